The van der Waals surface area contributed by atoms with Crippen molar-refractivity contribution in [1.82, 2.24) is 5.43 Å². The molecule has 0 atom stereocenters. The zero-order valence-electron chi connectivity index (χ0n) is 9.55. The predicted octanol–water partition coefficient (Wildman–Crippen LogP) is 3.42. The summed E-state index contributed by atoms with van der Waals surface area (Å²) in [7, 11) is 0. The van der Waals surface area contributed by atoms with Crippen LogP contribution < -0.4 is 5.43 Å². The molecule has 0 fully saturated rings. The fourth-order valence-electron chi connectivity index (χ4n) is 1.48. The molecule has 1 heterocycles. The van der Waals surface area contributed by atoms with Gasteiger partial charge in [0, 0.05) is 6.54 Å². The van der Waals surface area contributed by atoms with Gasteiger partial charge in [0.25, 0.3) is 0 Å². The summed E-state index contributed by atoms with van der Waals surface area (Å²) in [5.74, 6) is 0. The molecule has 0 spiro atoms. The Morgan fingerprint density at radius 1 is 0.625 bits per heavy atom. The second-order valence-corrected chi connectivity index (χ2v) is 3.71. The van der Waals surface area contributed by atoms with Crippen LogP contribution in [0.4, 0.5) is 0 Å². The van der Waals surface area contributed by atoms with Crippen LogP contribution in [0.25, 0.3) is 0 Å². The van der Waals surface area contributed by atoms with E-state index in [9.17, 15) is 0 Å². The molecular formula is C9H19N7. The molecule has 1 rings (SSSR count). The van der Waals surface area contributed by atoms with Gasteiger partial charge in [-0.3, -0.25) is 5.43 Å². The van der Waals surface area contributed by atoms with Crippen LogP contribution in [0.15, 0.2) is 31.2 Å². The second kappa shape index (κ2) is 10.1. The van der Waals surface area contributed by atoms with E-state index < -0.39 is 0 Å². The van der Waals surface area contributed by atoms with Crippen LogP contribution in [0.2, 0.25) is 0 Å². The molecule has 1 N–H and O–H groups in total. The molecule has 0 unspecified atom stereocenters. The first-order valence-corrected chi connectivity index (χ1v) is 5.89. The van der Waals surface area contributed by atoms with Gasteiger partial charge in [0.15, 0.2) is 0 Å². The van der Waals surface area contributed by atoms with Gasteiger partial charge in [-0.1, -0.05) is 37.3 Å². The van der Waals surface area contributed by atoms with Crippen molar-refractivity contribution in [3.8, 4) is 0 Å². The molecule has 0 aromatic carbocycles. The van der Waals surface area contributed by atoms with E-state index in [1.165, 1.54) is 32.1 Å². The van der Waals surface area contributed by atoms with Gasteiger partial charge in [-0.15, -0.1) is 0 Å². The summed E-state index contributed by atoms with van der Waals surface area (Å²) in [6.07, 6.45) is 8.53. The zero-order valence-corrected chi connectivity index (χ0v) is 9.55. The molecular weight excluding hydrogens is 206 g/mol. The van der Waals surface area contributed by atoms with Crippen molar-refractivity contribution >= 4 is 0 Å². The molecule has 0 aromatic heterocycles. The van der Waals surface area contributed by atoms with Crippen LogP contribution in [0.3, 0.4) is 0 Å². The van der Waals surface area contributed by atoms with E-state index >= 15 is 0 Å². The minimum absolute atomic E-state index is 0.717. The van der Waals surface area contributed by atoms with Crippen LogP contribution >= 0.6 is 0 Å². The average Bonchev–Trinajstić information content (AvgIpc) is 2.29. The summed E-state index contributed by atoms with van der Waals surface area (Å²) in [5.41, 5.74) is 2.80. The lowest BCUT2D eigenvalue weighted by Gasteiger charge is -2.01. The number of rotatable bonds is 0. The van der Waals surface area contributed by atoms with Gasteiger partial charge < -0.3 is 0 Å². The summed E-state index contributed by atoms with van der Waals surface area (Å²) in [6.45, 7) is 1.55. The van der Waals surface area contributed by atoms with Crippen molar-refractivity contribution in [2.24, 2.45) is 31.2 Å². The third-order valence-corrected chi connectivity index (χ3v) is 2.35. The van der Waals surface area contributed by atoms with Crippen molar-refractivity contribution in [3.63, 3.8) is 0 Å². The maximum Gasteiger partial charge on any atom is 0.0621 e. The molecule has 1 aliphatic heterocycles. The van der Waals surface area contributed by atoms with E-state index in [1.54, 1.807) is 0 Å². The van der Waals surface area contributed by atoms with Gasteiger partial charge in [-0.05, 0) is 33.7 Å². The van der Waals surface area contributed by atoms with E-state index in [2.05, 4.69) is 36.7 Å². The topological polar surface area (TPSA) is 86.2 Å². The van der Waals surface area contributed by atoms with Gasteiger partial charge in [-0.25, -0.2) is 0 Å². The molecule has 0 bridgehead atoms. The third kappa shape index (κ3) is 7.95. The highest BCUT2D eigenvalue weighted by atomic mass is 15.6. The molecule has 7 heteroatoms. The minimum atomic E-state index is 0.717. The Morgan fingerprint density at radius 2 is 1.31 bits per heavy atom. The fourth-order valence-corrected chi connectivity index (χ4v) is 1.48. The van der Waals surface area contributed by atoms with Crippen molar-refractivity contribution < 1.29 is 0 Å². The van der Waals surface area contributed by atoms with Gasteiger partial charge in [0.05, 0.1) is 6.54 Å². The Kier molecular flexibility index (Phi) is 8.02. The normalized spacial score (nSPS) is 26.5. The third-order valence-electron chi connectivity index (χ3n) is 2.35. The Morgan fingerprint density at radius 3 is 2.19 bits per heavy atom. The first kappa shape index (κ1) is 12.7. The van der Waals surface area contributed by atoms with E-state index in [1.807, 2.05) is 0 Å². The van der Waals surface area contributed by atoms with E-state index in [0.717, 1.165) is 19.4 Å². The second-order valence-electron chi connectivity index (χ2n) is 3.71. The largest absolute Gasteiger partial charge is 0.290 e. The molecule has 1 aliphatic rings. The van der Waals surface area contributed by atoms with Gasteiger partial charge in [-0.2, -0.15) is 5.11 Å². The summed E-state index contributed by atoms with van der Waals surface area (Å²) in [6, 6.07) is 0. The lowest BCUT2D eigenvalue weighted by Crippen LogP contribution is -2.05. The number of hydrogen-bond acceptors (Lipinski definition) is 7. The Labute approximate surface area is 95.5 Å². The maximum atomic E-state index is 3.84. The molecule has 0 aromatic rings. The van der Waals surface area contributed by atoms with E-state index in [4.69, 9.17) is 0 Å². The average molecular weight is 225 g/mol. The maximum absolute atomic E-state index is 3.84. The smallest absolute Gasteiger partial charge is 0.0621 e. The number of hydrogen-bond donors (Lipinski definition) is 1. The predicted molar refractivity (Wildman–Crippen MR) is 59.8 cm³/mol. The monoisotopic (exact) mass is 225 g/mol. The lowest BCUT2D eigenvalue weighted by molar-refractivity contribution is 0.551. The Hall–Kier alpha value is -1.40. The molecule has 0 aliphatic carbocycles. The highest BCUT2D eigenvalue weighted by molar-refractivity contribution is 4.48. The van der Waals surface area contributed by atoms with Crippen molar-refractivity contribution in [1.29, 1.82) is 0 Å². The summed E-state index contributed by atoms with van der Waals surface area (Å²) >= 11 is 0. The first-order chi connectivity index (χ1) is 8.00. The van der Waals surface area contributed by atoms with E-state index in [0.29, 0.717) is 6.54 Å². The number of nitrogens with zero attached hydrogens (tertiary/aromatic N) is 6. The SMILES string of the molecule is C1CCCC/N=N/N=N\N=N\NCCCC1. The molecule has 0 saturated carbocycles. The van der Waals surface area contributed by atoms with Crippen molar-refractivity contribution in [2.75, 3.05) is 13.1 Å². The minimum Gasteiger partial charge on any atom is -0.290 e. The quantitative estimate of drug-likeness (QED) is 0.672. The van der Waals surface area contributed by atoms with Crippen molar-refractivity contribution in [2.45, 2.75) is 44.9 Å². The highest BCUT2D eigenvalue weighted by Crippen LogP contribution is 2.07. The van der Waals surface area contributed by atoms with E-state index in [-0.39, 0.29) is 0 Å². The zero-order chi connectivity index (χ0) is 11.3. The lowest BCUT2D eigenvalue weighted by atomic mass is 10.1. The molecule has 16 heavy (non-hydrogen) atoms. The van der Waals surface area contributed by atoms with Crippen LogP contribution in [-0.2, 0) is 0 Å². The molecule has 7 nitrogen and oxygen atoms in total. The van der Waals surface area contributed by atoms with Crippen LogP contribution in [0.1, 0.15) is 44.9 Å². The molecule has 0 radical (unpaired) electrons. The Bertz CT molecular complexity index is 212. The van der Waals surface area contributed by atoms with Crippen molar-refractivity contribution in [3.05, 3.63) is 0 Å². The van der Waals surface area contributed by atoms with Gasteiger partial charge in [0.2, 0.25) is 0 Å². The van der Waals surface area contributed by atoms with Crippen LogP contribution in [0, 0.1) is 0 Å². The summed E-state index contributed by atoms with van der Waals surface area (Å²) < 4.78 is 0. The summed E-state index contributed by atoms with van der Waals surface area (Å²) in [4.78, 5) is 0. The van der Waals surface area contributed by atoms with Crippen LogP contribution in [-0.4, -0.2) is 13.1 Å². The summed E-state index contributed by atoms with van der Waals surface area (Å²) in [5, 5.41) is 21.1. The Balaban J connectivity index is 2.23. The standard InChI is InChI=1S/C9H19N7/c1-2-4-6-8-10-12-14-16-15-13-11-9-7-5-3-1/h1-9H2,(H,10,11,14,15). The highest BCUT2D eigenvalue weighted by Gasteiger charge is 1.92. The fraction of sp³-hybridized carbons (Fsp3) is 1.00. The molecule has 0 saturated heterocycles. The van der Waals surface area contributed by atoms with Gasteiger partial charge >= 0.3 is 0 Å². The van der Waals surface area contributed by atoms with Crippen LogP contribution in [0.5, 0.6) is 0 Å². The molecule has 90 valence electrons. The first-order valence-electron chi connectivity index (χ1n) is 5.89. The number of nitrogens with one attached hydrogen (secondary N) is 1. The van der Waals surface area contributed by atoms with Gasteiger partial charge in [0.1, 0.15) is 0 Å². The molecule has 0 amide bonds.